The van der Waals surface area contributed by atoms with E-state index in [-0.39, 0.29) is 5.60 Å². The zero-order chi connectivity index (χ0) is 8.36. The highest BCUT2D eigenvalue weighted by atomic mass is 28.3. The van der Waals surface area contributed by atoms with Gasteiger partial charge in [-0.25, -0.2) is 0 Å². The van der Waals surface area contributed by atoms with E-state index in [1.54, 1.807) is 0 Å². The van der Waals surface area contributed by atoms with Crippen molar-refractivity contribution in [1.29, 1.82) is 0 Å². The maximum atomic E-state index is 5.84. The quantitative estimate of drug-likeness (QED) is 0.576. The Morgan fingerprint density at radius 1 is 1.20 bits per heavy atom. The summed E-state index contributed by atoms with van der Waals surface area (Å²) in [4.78, 5) is 0. The lowest BCUT2D eigenvalue weighted by Gasteiger charge is -2.31. The molecule has 62 valence electrons. The van der Waals surface area contributed by atoms with Gasteiger partial charge in [0.1, 0.15) is 0 Å². The lowest BCUT2D eigenvalue weighted by Crippen LogP contribution is -2.35. The Bertz CT molecular complexity index is 97.4. The standard InChI is InChI=1S/C8H20OSi/c1-7(2)8(3,4)9-10(5)6/h7,10H,1-6H3. The first-order valence-electron chi connectivity index (χ1n) is 4.04. The molecule has 0 aliphatic rings. The summed E-state index contributed by atoms with van der Waals surface area (Å²) in [6.07, 6.45) is 0. The second kappa shape index (κ2) is 3.53. The molecule has 0 aliphatic carbocycles. The molecule has 0 unspecified atom stereocenters. The first kappa shape index (κ1) is 10.2. The molecular formula is C8H20OSi. The molecule has 10 heavy (non-hydrogen) atoms. The van der Waals surface area contributed by atoms with E-state index in [0.717, 1.165) is 0 Å². The van der Waals surface area contributed by atoms with Gasteiger partial charge in [-0.1, -0.05) is 13.8 Å². The van der Waals surface area contributed by atoms with Crippen molar-refractivity contribution in [2.45, 2.75) is 46.4 Å². The molecular weight excluding hydrogens is 140 g/mol. The molecule has 0 atom stereocenters. The topological polar surface area (TPSA) is 9.23 Å². The summed E-state index contributed by atoms with van der Waals surface area (Å²) < 4.78 is 5.84. The second-order valence-corrected chi connectivity index (χ2v) is 6.26. The summed E-state index contributed by atoms with van der Waals surface area (Å²) in [5.41, 5.74) is 0.0837. The Labute approximate surface area is 66.5 Å². The average molecular weight is 160 g/mol. The Hall–Kier alpha value is 0.177. The maximum absolute atomic E-state index is 5.84. The van der Waals surface area contributed by atoms with Crippen molar-refractivity contribution in [1.82, 2.24) is 0 Å². The van der Waals surface area contributed by atoms with Gasteiger partial charge in [0.05, 0.1) is 5.60 Å². The van der Waals surface area contributed by atoms with Crippen LogP contribution in [0.2, 0.25) is 13.1 Å². The van der Waals surface area contributed by atoms with E-state index >= 15 is 0 Å². The van der Waals surface area contributed by atoms with Gasteiger partial charge >= 0.3 is 0 Å². The van der Waals surface area contributed by atoms with E-state index in [4.69, 9.17) is 4.43 Å². The first-order valence-corrected chi connectivity index (χ1v) is 6.82. The van der Waals surface area contributed by atoms with Crippen LogP contribution in [0.5, 0.6) is 0 Å². The highest BCUT2D eigenvalue weighted by molar-refractivity contribution is 6.48. The van der Waals surface area contributed by atoms with Crippen molar-refractivity contribution in [3.63, 3.8) is 0 Å². The van der Waals surface area contributed by atoms with E-state index in [2.05, 4.69) is 40.8 Å². The van der Waals surface area contributed by atoms with Crippen molar-refractivity contribution in [2.24, 2.45) is 5.92 Å². The summed E-state index contributed by atoms with van der Waals surface area (Å²) in [5, 5.41) is 0. The molecule has 0 saturated carbocycles. The zero-order valence-corrected chi connectivity index (χ0v) is 9.22. The molecule has 0 amide bonds. The van der Waals surface area contributed by atoms with E-state index in [9.17, 15) is 0 Å². The Morgan fingerprint density at radius 2 is 1.60 bits per heavy atom. The molecule has 1 nitrogen and oxygen atoms in total. The van der Waals surface area contributed by atoms with Crippen LogP contribution in [0.25, 0.3) is 0 Å². The van der Waals surface area contributed by atoms with Crippen LogP contribution in [0.4, 0.5) is 0 Å². The Balaban J connectivity index is 3.87. The van der Waals surface area contributed by atoms with Gasteiger partial charge in [-0.15, -0.1) is 0 Å². The van der Waals surface area contributed by atoms with Gasteiger partial charge in [-0.05, 0) is 32.9 Å². The first-order chi connectivity index (χ1) is 4.36. The van der Waals surface area contributed by atoms with Gasteiger partial charge in [0, 0.05) is 0 Å². The minimum absolute atomic E-state index is 0.0837. The van der Waals surface area contributed by atoms with Crippen molar-refractivity contribution >= 4 is 9.04 Å². The predicted octanol–water partition coefficient (Wildman–Crippen LogP) is 2.42. The van der Waals surface area contributed by atoms with Crippen molar-refractivity contribution in [3.8, 4) is 0 Å². The molecule has 0 bridgehead atoms. The molecule has 0 aromatic rings. The number of hydrogen-bond acceptors (Lipinski definition) is 1. The third kappa shape index (κ3) is 3.37. The fraction of sp³-hybridized carbons (Fsp3) is 1.00. The Morgan fingerprint density at radius 3 is 1.70 bits per heavy atom. The average Bonchev–Trinajstić information content (AvgIpc) is 1.60. The largest absolute Gasteiger partial charge is 0.415 e. The van der Waals surface area contributed by atoms with Crippen LogP contribution in [0.15, 0.2) is 0 Å². The molecule has 0 rings (SSSR count). The fourth-order valence-electron chi connectivity index (χ4n) is 0.744. The van der Waals surface area contributed by atoms with E-state index in [1.165, 1.54) is 0 Å². The third-order valence-corrected chi connectivity index (χ3v) is 3.01. The molecule has 0 spiro atoms. The lowest BCUT2D eigenvalue weighted by molar-refractivity contribution is 0.0592. The van der Waals surface area contributed by atoms with Gasteiger partial charge in [0.2, 0.25) is 0 Å². The van der Waals surface area contributed by atoms with Crippen LogP contribution in [-0.4, -0.2) is 14.6 Å². The van der Waals surface area contributed by atoms with Crippen molar-refractivity contribution in [3.05, 3.63) is 0 Å². The number of rotatable bonds is 3. The summed E-state index contributed by atoms with van der Waals surface area (Å²) >= 11 is 0. The van der Waals surface area contributed by atoms with Crippen LogP contribution in [0.3, 0.4) is 0 Å². The van der Waals surface area contributed by atoms with Gasteiger partial charge < -0.3 is 4.43 Å². The summed E-state index contributed by atoms with van der Waals surface area (Å²) in [5.74, 6) is 0.613. The van der Waals surface area contributed by atoms with Crippen molar-refractivity contribution in [2.75, 3.05) is 0 Å². The summed E-state index contributed by atoms with van der Waals surface area (Å²) in [7, 11) is -0.852. The van der Waals surface area contributed by atoms with Crippen LogP contribution in [0, 0.1) is 5.92 Å². The molecule has 0 fully saturated rings. The van der Waals surface area contributed by atoms with Gasteiger partial charge in [-0.3, -0.25) is 0 Å². The van der Waals surface area contributed by atoms with Gasteiger partial charge in [0.25, 0.3) is 0 Å². The minimum Gasteiger partial charge on any atom is -0.415 e. The summed E-state index contributed by atoms with van der Waals surface area (Å²) in [6, 6.07) is 0. The van der Waals surface area contributed by atoms with Gasteiger partial charge in [0.15, 0.2) is 9.04 Å². The smallest absolute Gasteiger partial charge is 0.171 e. The maximum Gasteiger partial charge on any atom is 0.171 e. The second-order valence-electron chi connectivity index (χ2n) is 3.92. The molecule has 0 aromatic carbocycles. The van der Waals surface area contributed by atoms with Crippen LogP contribution in [0.1, 0.15) is 27.7 Å². The molecule has 2 heteroatoms. The molecule has 0 N–H and O–H groups in total. The van der Waals surface area contributed by atoms with Gasteiger partial charge in [-0.2, -0.15) is 0 Å². The van der Waals surface area contributed by atoms with E-state index in [1.807, 2.05) is 0 Å². The molecule has 0 radical (unpaired) electrons. The lowest BCUT2D eigenvalue weighted by atomic mass is 9.95. The van der Waals surface area contributed by atoms with Crippen LogP contribution >= 0.6 is 0 Å². The predicted molar refractivity (Wildman–Crippen MR) is 48.9 cm³/mol. The van der Waals surface area contributed by atoms with E-state index in [0.29, 0.717) is 5.92 Å². The minimum atomic E-state index is -0.852. The van der Waals surface area contributed by atoms with Crippen molar-refractivity contribution < 1.29 is 4.43 Å². The third-order valence-electron chi connectivity index (χ3n) is 1.93. The van der Waals surface area contributed by atoms with E-state index < -0.39 is 9.04 Å². The summed E-state index contributed by atoms with van der Waals surface area (Å²) in [6.45, 7) is 13.2. The monoisotopic (exact) mass is 160 g/mol. The Kier molecular flexibility index (Phi) is 3.60. The molecule has 0 aliphatic heterocycles. The highest BCUT2D eigenvalue weighted by Gasteiger charge is 2.23. The normalized spacial score (nSPS) is 13.2. The highest BCUT2D eigenvalue weighted by Crippen LogP contribution is 2.20. The molecule has 0 heterocycles. The molecule has 0 aromatic heterocycles. The van der Waals surface area contributed by atoms with Crippen LogP contribution in [-0.2, 0) is 4.43 Å². The zero-order valence-electron chi connectivity index (χ0n) is 8.06. The SMILES string of the molecule is CC(C)C(C)(C)O[SiH](C)C. The number of hydrogen-bond donors (Lipinski definition) is 0. The fourth-order valence-corrected chi connectivity index (χ4v) is 2.23. The molecule has 0 saturated heterocycles. The van der Waals surface area contributed by atoms with Crippen LogP contribution < -0.4 is 0 Å².